The van der Waals surface area contributed by atoms with E-state index in [0.717, 1.165) is 0 Å². The maximum Gasteiger partial charge on any atom is 4.00 e. The van der Waals surface area contributed by atoms with Crippen LogP contribution in [0.2, 0.25) is 0 Å². The average molecular weight is 488 g/mol. The molecule has 9 heteroatoms. The first-order valence-electron chi connectivity index (χ1n) is 3.67. The Bertz CT molecular complexity index is 331. The summed E-state index contributed by atoms with van der Waals surface area (Å²) in [6, 6.07) is 3.46. The molecule has 17 heavy (non-hydrogen) atoms. The zero-order chi connectivity index (χ0) is 10.2. The summed E-state index contributed by atoms with van der Waals surface area (Å²) in [5.41, 5.74) is 0. The fourth-order valence-corrected chi connectivity index (χ4v) is 0.814. The van der Waals surface area contributed by atoms with Crippen molar-refractivity contribution >= 4 is 25.3 Å². The minimum atomic E-state index is 0. The van der Waals surface area contributed by atoms with Gasteiger partial charge in [0.25, 0.3) is 0 Å². The second kappa shape index (κ2) is 13.9. The minimum Gasteiger partial charge on any atom is -1.00 e. The third-order valence-electron chi connectivity index (χ3n) is 1.08. The molecule has 0 radical (unpaired) electrons. The van der Waals surface area contributed by atoms with Gasteiger partial charge in [-0.05, 0) is 12.1 Å². The summed E-state index contributed by atoms with van der Waals surface area (Å²) >= 11 is 9.18. The zero-order valence-electron chi connectivity index (χ0n) is 8.14. The molecule has 0 aliphatic carbocycles. The number of aromatic nitrogens is 4. The molecule has 0 N–H and O–H groups in total. The Hall–Kier alpha value is -0.132. The topological polar surface area (TPSA) is 51.6 Å². The van der Waals surface area contributed by atoms with Gasteiger partial charge in [0.2, 0.25) is 0 Å². The van der Waals surface area contributed by atoms with Crippen molar-refractivity contribution in [3.8, 4) is 0 Å². The van der Waals surface area contributed by atoms with Crippen molar-refractivity contribution in [2.75, 3.05) is 0 Å². The molecular weight excluding hydrogens is 482 g/mol. The van der Waals surface area contributed by atoms with E-state index in [0.29, 0.717) is 10.3 Å². The summed E-state index contributed by atoms with van der Waals surface area (Å²) in [7, 11) is 0. The average Bonchev–Trinajstić information content (AvgIpc) is 2.21. The predicted octanol–water partition coefficient (Wildman–Crippen LogP) is -5.23. The van der Waals surface area contributed by atoms with Crippen molar-refractivity contribution in [1.29, 1.82) is 0 Å². The molecule has 0 aliphatic heterocycles. The Morgan fingerprint density at radius 2 is 0.882 bits per heavy atom. The van der Waals surface area contributed by atoms with Gasteiger partial charge in [0.1, 0.15) is 0 Å². The van der Waals surface area contributed by atoms with Gasteiger partial charge >= 0.3 is 21.1 Å². The standard InChI is InChI=1S/2C4H4N2S.2ClH.Pt/c2*7-4-5-2-1-3-6-4;;;/h2*1-3H,(H,5,6,7);2*1H;/q;;;;+4/p-4. The number of halogens is 2. The largest absolute Gasteiger partial charge is 4.00 e. The van der Waals surface area contributed by atoms with Crippen molar-refractivity contribution in [2.24, 2.45) is 0 Å². The fraction of sp³-hybridized carbons (Fsp3) is 0. The molecule has 0 saturated heterocycles. The second-order valence-corrected chi connectivity index (χ2v) is 2.79. The van der Waals surface area contributed by atoms with E-state index in [2.05, 4.69) is 45.2 Å². The van der Waals surface area contributed by atoms with Crippen LogP contribution in [0.15, 0.2) is 47.2 Å². The Labute approximate surface area is 137 Å². The van der Waals surface area contributed by atoms with E-state index < -0.39 is 0 Å². The van der Waals surface area contributed by atoms with Gasteiger partial charge in [-0.3, -0.25) is 19.9 Å². The van der Waals surface area contributed by atoms with Gasteiger partial charge in [-0.1, -0.05) is 0 Å². The molecule has 2 heterocycles. The van der Waals surface area contributed by atoms with E-state index in [-0.39, 0.29) is 45.9 Å². The second-order valence-electron chi connectivity index (χ2n) is 2.06. The molecule has 0 aliphatic rings. The summed E-state index contributed by atoms with van der Waals surface area (Å²) in [6.07, 6.45) is 6.48. The molecule has 4 nitrogen and oxygen atoms in total. The van der Waals surface area contributed by atoms with E-state index in [4.69, 9.17) is 0 Å². The molecule has 2 rings (SSSR count). The van der Waals surface area contributed by atoms with Crippen molar-refractivity contribution in [3.05, 3.63) is 36.9 Å². The van der Waals surface area contributed by atoms with E-state index in [1.54, 1.807) is 36.9 Å². The van der Waals surface area contributed by atoms with Crippen LogP contribution in [0.4, 0.5) is 0 Å². The first kappa shape index (κ1) is 22.1. The summed E-state index contributed by atoms with van der Waals surface area (Å²) < 4.78 is 0. The molecule has 0 atom stereocenters. The third kappa shape index (κ3) is 12.1. The molecule has 0 bridgehead atoms. The van der Waals surface area contributed by atoms with Gasteiger partial charge in [0.05, 0.1) is 0 Å². The van der Waals surface area contributed by atoms with E-state index >= 15 is 0 Å². The van der Waals surface area contributed by atoms with E-state index in [9.17, 15) is 0 Å². The number of hydrogen-bond acceptors (Lipinski definition) is 6. The van der Waals surface area contributed by atoms with Crippen molar-refractivity contribution in [3.63, 3.8) is 0 Å². The van der Waals surface area contributed by atoms with Gasteiger partial charge in [-0.15, -0.1) is 0 Å². The van der Waals surface area contributed by atoms with Gasteiger partial charge in [-0.2, -0.15) is 0 Å². The Morgan fingerprint density at radius 3 is 1.00 bits per heavy atom. The normalized spacial score (nSPS) is 7.06. The van der Waals surface area contributed by atoms with Crippen LogP contribution >= 0.6 is 0 Å². The van der Waals surface area contributed by atoms with E-state index in [1.165, 1.54) is 0 Å². The van der Waals surface area contributed by atoms with Crippen molar-refractivity contribution < 1.29 is 45.9 Å². The Kier molecular flexibility index (Phi) is 18.1. The zero-order valence-corrected chi connectivity index (χ0v) is 13.6. The maximum atomic E-state index is 4.59. The molecule has 0 amide bonds. The molecule has 0 spiro atoms. The number of rotatable bonds is 0. The molecular formula is C8H6Cl2N4PtS2. The van der Waals surface area contributed by atoms with Crippen LogP contribution in [0.3, 0.4) is 0 Å². The molecule has 2 aromatic rings. The number of hydrogen-bond donors (Lipinski definition) is 0. The Balaban J connectivity index is -0.000000196. The van der Waals surface area contributed by atoms with Gasteiger partial charge in [0, 0.05) is 35.1 Å². The third-order valence-corrected chi connectivity index (χ3v) is 1.51. The monoisotopic (exact) mass is 487 g/mol. The predicted molar refractivity (Wildman–Crippen MR) is 55.3 cm³/mol. The first-order chi connectivity index (χ1) is 6.79. The number of nitrogens with zero attached hydrogens (tertiary/aromatic N) is 4. The van der Waals surface area contributed by atoms with Gasteiger partial charge in [0.15, 0.2) is 0 Å². The van der Waals surface area contributed by atoms with Crippen LogP contribution in [0.1, 0.15) is 0 Å². The molecule has 2 aromatic heterocycles. The SMILES string of the molecule is [Cl-].[Cl-].[Pt+4].[S-]c1ncccn1.[S-]c1ncccn1. The summed E-state index contributed by atoms with van der Waals surface area (Å²) in [6.45, 7) is 0. The summed E-state index contributed by atoms with van der Waals surface area (Å²) in [5, 5.41) is 0.810. The molecule has 0 fully saturated rings. The van der Waals surface area contributed by atoms with Crippen LogP contribution < -0.4 is 24.8 Å². The van der Waals surface area contributed by atoms with Crippen LogP contribution in [0.5, 0.6) is 0 Å². The van der Waals surface area contributed by atoms with Crippen molar-refractivity contribution in [2.45, 2.75) is 10.3 Å². The van der Waals surface area contributed by atoms with E-state index in [1.807, 2.05) is 0 Å². The smallest absolute Gasteiger partial charge is 1.00 e. The molecule has 0 saturated carbocycles. The molecule has 0 unspecified atom stereocenters. The maximum absolute atomic E-state index is 4.59. The quantitative estimate of drug-likeness (QED) is 0.273. The Morgan fingerprint density at radius 1 is 0.647 bits per heavy atom. The van der Waals surface area contributed by atoms with Crippen LogP contribution in [0, 0.1) is 0 Å². The first-order valence-corrected chi connectivity index (χ1v) is 4.49. The van der Waals surface area contributed by atoms with Gasteiger partial charge in [-0.25, -0.2) is 0 Å². The van der Waals surface area contributed by atoms with Crippen LogP contribution in [-0.4, -0.2) is 19.9 Å². The summed E-state index contributed by atoms with van der Waals surface area (Å²) in [4.78, 5) is 14.7. The van der Waals surface area contributed by atoms with Gasteiger partial charge < -0.3 is 50.1 Å². The van der Waals surface area contributed by atoms with Crippen LogP contribution in [-0.2, 0) is 46.3 Å². The summed E-state index contributed by atoms with van der Waals surface area (Å²) in [5.74, 6) is 0. The minimum absolute atomic E-state index is 0. The van der Waals surface area contributed by atoms with Crippen molar-refractivity contribution in [1.82, 2.24) is 19.9 Å². The fourth-order valence-electron chi connectivity index (χ4n) is 0.571. The van der Waals surface area contributed by atoms with Crippen LogP contribution in [0.25, 0.3) is 0 Å². The molecule has 0 aromatic carbocycles. The molecule has 94 valence electrons.